The Balaban J connectivity index is 3.54. The van der Waals surface area contributed by atoms with Crippen LogP contribution in [0.2, 0.25) is 0 Å². The van der Waals surface area contributed by atoms with E-state index < -0.39 is 9.84 Å². The van der Waals surface area contributed by atoms with E-state index in [4.69, 9.17) is 5.21 Å². The molecule has 0 fully saturated rings. The predicted molar refractivity (Wildman–Crippen MR) is 63.3 cm³/mol. The van der Waals surface area contributed by atoms with Gasteiger partial charge in [0.25, 0.3) is 4.92 Å². The Labute approximate surface area is 101 Å². The second kappa shape index (κ2) is 4.10. The fourth-order valence-corrected chi connectivity index (χ4v) is 2.18. The second-order valence-electron chi connectivity index (χ2n) is 4.97. The summed E-state index contributed by atoms with van der Waals surface area (Å²) < 4.78 is 22.7. The van der Waals surface area contributed by atoms with Gasteiger partial charge >= 0.3 is 5.69 Å². The lowest BCUT2D eigenvalue weighted by molar-refractivity contribution is -0.730. The lowest BCUT2D eigenvalue weighted by Gasteiger charge is -2.17. The molecule has 1 rings (SSSR count). The van der Waals surface area contributed by atoms with Crippen molar-refractivity contribution in [2.75, 3.05) is 6.26 Å². The summed E-state index contributed by atoms with van der Waals surface area (Å²) in [5.41, 5.74) is 0.180. The molecule has 0 atom stereocenters. The summed E-state index contributed by atoms with van der Waals surface area (Å²) in [6.45, 7) is 5.61. The Morgan fingerprint density at radius 1 is 1.24 bits per heavy atom. The monoisotopic (exact) mass is 258 g/mol. The molecule has 17 heavy (non-hydrogen) atoms. The molecule has 0 unspecified atom stereocenters. The molecule has 1 aromatic rings. The molecule has 6 heteroatoms. The van der Waals surface area contributed by atoms with Crippen molar-refractivity contribution in [3.63, 3.8) is 0 Å². The predicted octanol–water partition coefficient (Wildman–Crippen LogP) is 2.19. The number of nitrogens with zero attached hydrogens (tertiary/aromatic N) is 1. The molecule has 0 aliphatic heterocycles. The van der Waals surface area contributed by atoms with Crippen molar-refractivity contribution in [1.82, 2.24) is 0 Å². The average Bonchev–Trinajstić information content (AvgIpc) is 2.14. The number of hydrogen-bond donors (Lipinski definition) is 1. The summed E-state index contributed by atoms with van der Waals surface area (Å²) in [7, 11) is -3.40. The molecule has 0 heterocycles. The minimum atomic E-state index is -3.40. The van der Waals surface area contributed by atoms with E-state index in [-0.39, 0.29) is 20.9 Å². The number of sulfone groups is 1. The molecule has 0 spiro atoms. The smallest absolute Gasteiger partial charge is 0.241 e. The van der Waals surface area contributed by atoms with E-state index in [9.17, 15) is 13.3 Å². The largest absolute Gasteiger partial charge is 0.321 e. The molecule has 94 valence electrons. The van der Waals surface area contributed by atoms with Gasteiger partial charge in [0.2, 0.25) is 0 Å². The highest BCUT2D eigenvalue weighted by molar-refractivity contribution is 7.90. The van der Waals surface area contributed by atoms with Gasteiger partial charge in [0, 0.05) is 17.9 Å². The van der Waals surface area contributed by atoms with Crippen molar-refractivity contribution in [1.29, 1.82) is 0 Å². The molecule has 0 bridgehead atoms. The maximum atomic E-state index is 11.4. The summed E-state index contributed by atoms with van der Waals surface area (Å²) >= 11 is 0. The first-order valence-corrected chi connectivity index (χ1v) is 6.93. The molecule has 5 nitrogen and oxygen atoms in total. The molecular formula is C11H16NO4S+. The van der Waals surface area contributed by atoms with Crippen LogP contribution >= 0.6 is 0 Å². The van der Waals surface area contributed by atoms with Gasteiger partial charge in [0.05, 0.1) is 9.80 Å². The van der Waals surface area contributed by atoms with Gasteiger partial charge in [-0.05, 0) is 11.5 Å². The van der Waals surface area contributed by atoms with Gasteiger partial charge in [-0.25, -0.2) is 13.6 Å². The van der Waals surface area contributed by atoms with Gasteiger partial charge in [-0.1, -0.05) is 26.8 Å². The van der Waals surface area contributed by atoms with Crippen molar-refractivity contribution in [2.24, 2.45) is 0 Å². The maximum Gasteiger partial charge on any atom is 0.321 e. The van der Waals surface area contributed by atoms with Crippen molar-refractivity contribution < 1.29 is 18.5 Å². The van der Waals surface area contributed by atoms with E-state index in [1.807, 2.05) is 20.8 Å². The zero-order valence-corrected chi connectivity index (χ0v) is 11.1. The van der Waals surface area contributed by atoms with E-state index in [0.717, 1.165) is 6.26 Å². The zero-order chi connectivity index (χ0) is 13.4. The second-order valence-corrected chi connectivity index (χ2v) is 6.99. The molecule has 1 N–H and O–H groups in total. The van der Waals surface area contributed by atoms with Gasteiger partial charge in [-0.15, -0.1) is 0 Å². The Kier molecular flexibility index (Phi) is 3.29. The van der Waals surface area contributed by atoms with Crippen LogP contribution in [0, 0.1) is 4.91 Å². The molecule has 0 aromatic heterocycles. The highest BCUT2D eigenvalue weighted by atomic mass is 32.2. The summed E-state index contributed by atoms with van der Waals surface area (Å²) in [4.78, 5) is 10.8. The summed E-state index contributed by atoms with van der Waals surface area (Å²) in [5.74, 6) is 0. The van der Waals surface area contributed by atoms with Gasteiger partial charge in [-0.2, -0.15) is 0 Å². The third kappa shape index (κ3) is 3.03. The molecule has 0 saturated heterocycles. The fourth-order valence-electron chi connectivity index (χ4n) is 1.53. The molecule has 0 aliphatic carbocycles. The Morgan fingerprint density at radius 2 is 1.76 bits per heavy atom. The van der Waals surface area contributed by atoms with Gasteiger partial charge < -0.3 is 0 Å². The van der Waals surface area contributed by atoms with E-state index in [0.29, 0.717) is 5.56 Å². The fraction of sp³-hybridized carbons (Fsp3) is 0.455. The quantitative estimate of drug-likeness (QED) is 0.825. The Bertz CT molecular complexity index is 555. The summed E-state index contributed by atoms with van der Waals surface area (Å²) in [6.07, 6.45) is 1.05. The Morgan fingerprint density at radius 3 is 2.12 bits per heavy atom. The van der Waals surface area contributed by atoms with Crippen molar-refractivity contribution in [3.05, 3.63) is 28.7 Å². The SMILES string of the molecule is CC(C)(C)c1ccc(S(C)(=O)=O)cc1[N+](=O)O. The van der Waals surface area contributed by atoms with E-state index in [1.54, 1.807) is 6.07 Å². The van der Waals surface area contributed by atoms with Gasteiger partial charge in [0.15, 0.2) is 9.84 Å². The van der Waals surface area contributed by atoms with Crippen LogP contribution in [0.5, 0.6) is 0 Å². The van der Waals surface area contributed by atoms with E-state index in [2.05, 4.69) is 0 Å². The molecule has 0 radical (unpaired) electrons. The first-order valence-electron chi connectivity index (χ1n) is 5.04. The maximum absolute atomic E-state index is 11.4. The minimum absolute atomic E-state index is 0.00963. The Hall–Kier alpha value is -1.43. The lowest BCUT2D eigenvalue weighted by atomic mass is 9.86. The van der Waals surface area contributed by atoms with Crippen molar-refractivity contribution in [3.8, 4) is 0 Å². The first kappa shape index (κ1) is 13.6. The third-order valence-electron chi connectivity index (χ3n) is 2.41. The van der Waals surface area contributed by atoms with Crippen molar-refractivity contribution >= 4 is 15.5 Å². The van der Waals surface area contributed by atoms with Crippen LogP contribution < -0.4 is 0 Å². The van der Waals surface area contributed by atoms with Gasteiger partial charge in [0.1, 0.15) is 0 Å². The average molecular weight is 258 g/mol. The van der Waals surface area contributed by atoms with Crippen LogP contribution in [0.3, 0.4) is 0 Å². The van der Waals surface area contributed by atoms with Gasteiger partial charge in [-0.3, -0.25) is 0 Å². The van der Waals surface area contributed by atoms with Crippen LogP contribution in [0.1, 0.15) is 26.3 Å². The molecule has 0 amide bonds. The lowest BCUT2D eigenvalue weighted by Crippen LogP contribution is -2.15. The van der Waals surface area contributed by atoms with Crippen LogP contribution in [0.15, 0.2) is 23.1 Å². The van der Waals surface area contributed by atoms with Crippen LogP contribution in [0.4, 0.5) is 5.69 Å². The first-order chi connectivity index (χ1) is 7.53. The third-order valence-corrected chi connectivity index (χ3v) is 3.52. The molecule has 0 saturated carbocycles. The van der Waals surface area contributed by atoms with Crippen LogP contribution in [-0.4, -0.2) is 24.8 Å². The standard InChI is InChI=1S/C11H16NO4S/c1-11(2,3)9-6-5-8(17(4,15)16)7-10(9)12(13)14/h5-7H,1-4H3,(H,13,14)/q+1. The summed E-state index contributed by atoms with van der Waals surface area (Å²) in [6, 6.07) is 4.17. The normalized spacial score (nSPS) is 12.5. The van der Waals surface area contributed by atoms with E-state index in [1.165, 1.54) is 12.1 Å². The molecular weight excluding hydrogens is 242 g/mol. The highest BCUT2D eigenvalue weighted by Crippen LogP contribution is 2.32. The number of rotatable bonds is 2. The van der Waals surface area contributed by atoms with Crippen LogP contribution in [-0.2, 0) is 15.3 Å². The zero-order valence-electron chi connectivity index (χ0n) is 10.3. The number of hydrogen-bond acceptors (Lipinski definition) is 3. The van der Waals surface area contributed by atoms with Crippen molar-refractivity contribution in [2.45, 2.75) is 31.1 Å². The molecule has 0 aliphatic rings. The van der Waals surface area contributed by atoms with Crippen LogP contribution in [0.25, 0.3) is 0 Å². The number of benzene rings is 1. The van der Waals surface area contributed by atoms with E-state index >= 15 is 0 Å². The minimum Gasteiger partial charge on any atom is -0.241 e. The summed E-state index contributed by atoms with van der Waals surface area (Å²) in [5, 5.41) is 9.04. The topological polar surface area (TPSA) is 74.5 Å². The molecule has 1 aromatic carbocycles. The highest BCUT2D eigenvalue weighted by Gasteiger charge is 2.29.